The van der Waals surface area contributed by atoms with Gasteiger partial charge in [0.25, 0.3) is 0 Å². The van der Waals surface area contributed by atoms with Gasteiger partial charge < -0.3 is 4.42 Å². The first kappa shape index (κ1) is 17.0. The first-order valence-electron chi connectivity index (χ1n) is 8.73. The Morgan fingerprint density at radius 2 is 2.00 bits per heavy atom. The van der Waals surface area contributed by atoms with E-state index in [1.165, 1.54) is 0 Å². The third kappa shape index (κ3) is 3.72. The monoisotopic (exact) mass is 371 g/mol. The van der Waals surface area contributed by atoms with E-state index in [4.69, 9.17) is 4.42 Å². The Kier molecular flexibility index (Phi) is 4.40. The van der Waals surface area contributed by atoms with Crippen molar-refractivity contribution in [3.8, 4) is 11.6 Å². The second kappa shape index (κ2) is 6.72. The van der Waals surface area contributed by atoms with Gasteiger partial charge in [-0.2, -0.15) is 0 Å². The van der Waals surface area contributed by atoms with E-state index in [0.29, 0.717) is 31.0 Å². The van der Waals surface area contributed by atoms with E-state index in [2.05, 4.69) is 10.1 Å². The van der Waals surface area contributed by atoms with Gasteiger partial charge in [-0.25, -0.2) is 18.1 Å². The molecule has 26 heavy (non-hydrogen) atoms. The van der Waals surface area contributed by atoms with Crippen molar-refractivity contribution in [3.05, 3.63) is 59.6 Å². The van der Waals surface area contributed by atoms with Crippen LogP contribution < -0.4 is 0 Å². The summed E-state index contributed by atoms with van der Waals surface area (Å²) in [5.74, 6) is 3.40. The quantitative estimate of drug-likeness (QED) is 0.689. The number of aryl methyl sites for hydroxylation is 1. The summed E-state index contributed by atoms with van der Waals surface area (Å²) in [6.45, 7) is 2.48. The van der Waals surface area contributed by atoms with E-state index in [1.807, 2.05) is 54.1 Å². The fraction of sp³-hybridized carbons (Fsp3) is 0.368. The Morgan fingerprint density at radius 1 is 1.19 bits per heavy atom. The Morgan fingerprint density at radius 3 is 2.65 bits per heavy atom. The van der Waals surface area contributed by atoms with Crippen molar-refractivity contribution in [2.24, 2.45) is 5.92 Å². The first-order valence-corrected chi connectivity index (χ1v) is 10.6. The van der Waals surface area contributed by atoms with Crippen LogP contribution in [0, 0.1) is 12.8 Å². The molecular weight excluding hydrogens is 350 g/mol. The van der Waals surface area contributed by atoms with Gasteiger partial charge in [0.05, 0.1) is 18.1 Å². The number of aromatic nitrogens is 3. The Balaban J connectivity index is 1.64. The molecule has 7 heteroatoms. The van der Waals surface area contributed by atoms with E-state index in [9.17, 15) is 8.42 Å². The van der Waals surface area contributed by atoms with Gasteiger partial charge in [0, 0.05) is 6.42 Å². The Bertz CT molecular complexity index is 1010. The van der Waals surface area contributed by atoms with Crippen LogP contribution in [-0.2, 0) is 22.8 Å². The van der Waals surface area contributed by atoms with Gasteiger partial charge in [-0.1, -0.05) is 30.3 Å². The lowest BCUT2D eigenvalue weighted by atomic mass is 10.1. The molecular formula is C19H21N3O3S. The SMILES string of the molecule is Cc1ccc(-c2nc(C[C@@H]3CCS(=O)(=O)C3)n(Cc3ccccc3)n2)o1. The highest BCUT2D eigenvalue weighted by atomic mass is 32.2. The third-order valence-corrected chi connectivity index (χ3v) is 6.52. The topological polar surface area (TPSA) is 78.0 Å². The molecule has 0 bridgehead atoms. The zero-order valence-electron chi connectivity index (χ0n) is 14.6. The van der Waals surface area contributed by atoms with Gasteiger partial charge in [0.2, 0.25) is 5.82 Å². The lowest BCUT2D eigenvalue weighted by Gasteiger charge is -2.09. The zero-order valence-corrected chi connectivity index (χ0v) is 15.4. The molecule has 1 fully saturated rings. The lowest BCUT2D eigenvalue weighted by molar-refractivity contribution is 0.533. The van der Waals surface area contributed by atoms with Crippen molar-refractivity contribution in [1.82, 2.24) is 14.8 Å². The van der Waals surface area contributed by atoms with Crippen molar-refractivity contribution in [2.75, 3.05) is 11.5 Å². The van der Waals surface area contributed by atoms with Gasteiger partial charge in [-0.3, -0.25) is 0 Å². The molecule has 2 aromatic heterocycles. The zero-order chi connectivity index (χ0) is 18.1. The molecule has 0 saturated carbocycles. The molecule has 3 aromatic rings. The second-order valence-electron chi connectivity index (χ2n) is 6.88. The van der Waals surface area contributed by atoms with Crippen molar-refractivity contribution < 1.29 is 12.8 Å². The summed E-state index contributed by atoms with van der Waals surface area (Å²) in [6.07, 6.45) is 1.30. The maximum atomic E-state index is 11.8. The fourth-order valence-electron chi connectivity index (χ4n) is 3.36. The standard InChI is InChI=1S/C19H21N3O3S/c1-14-7-8-17(25-14)19-20-18(11-16-9-10-26(23,24)13-16)22(21-19)12-15-5-3-2-4-6-15/h2-8,16H,9-13H2,1H3/t16-/m0/s1. The number of hydrogen-bond donors (Lipinski definition) is 0. The van der Waals surface area contributed by atoms with Gasteiger partial charge >= 0.3 is 0 Å². The summed E-state index contributed by atoms with van der Waals surface area (Å²) >= 11 is 0. The van der Waals surface area contributed by atoms with Gasteiger partial charge in [0.15, 0.2) is 15.6 Å². The predicted octanol–water partition coefficient (Wildman–Crippen LogP) is 2.87. The molecule has 1 aromatic carbocycles. The minimum absolute atomic E-state index is 0.102. The molecule has 1 atom stereocenters. The number of sulfone groups is 1. The normalized spacial score (nSPS) is 19.0. The van der Waals surface area contributed by atoms with Crippen LogP contribution in [0.3, 0.4) is 0 Å². The second-order valence-corrected chi connectivity index (χ2v) is 9.11. The van der Waals surface area contributed by atoms with E-state index in [1.54, 1.807) is 0 Å². The van der Waals surface area contributed by atoms with Crippen molar-refractivity contribution >= 4 is 9.84 Å². The highest BCUT2D eigenvalue weighted by molar-refractivity contribution is 7.91. The molecule has 0 aliphatic carbocycles. The number of hydrogen-bond acceptors (Lipinski definition) is 5. The van der Waals surface area contributed by atoms with Crippen LogP contribution in [0.15, 0.2) is 46.9 Å². The van der Waals surface area contributed by atoms with Crippen LogP contribution in [0.2, 0.25) is 0 Å². The molecule has 3 heterocycles. The highest BCUT2D eigenvalue weighted by Gasteiger charge is 2.29. The molecule has 0 amide bonds. The summed E-state index contributed by atoms with van der Waals surface area (Å²) in [4.78, 5) is 4.66. The van der Waals surface area contributed by atoms with Crippen molar-refractivity contribution in [1.29, 1.82) is 0 Å². The maximum Gasteiger partial charge on any atom is 0.217 e. The van der Waals surface area contributed by atoms with Crippen molar-refractivity contribution in [3.63, 3.8) is 0 Å². The molecule has 1 saturated heterocycles. The molecule has 136 valence electrons. The van der Waals surface area contributed by atoms with Crippen LogP contribution in [0.5, 0.6) is 0 Å². The fourth-order valence-corrected chi connectivity index (χ4v) is 5.22. The summed E-state index contributed by atoms with van der Waals surface area (Å²) in [5, 5.41) is 4.63. The summed E-state index contributed by atoms with van der Waals surface area (Å²) in [7, 11) is -2.91. The number of furan rings is 1. The van der Waals surface area contributed by atoms with Crippen LogP contribution in [0.1, 0.15) is 23.6 Å². The minimum atomic E-state index is -2.91. The first-order chi connectivity index (χ1) is 12.5. The molecule has 0 spiro atoms. The maximum absolute atomic E-state index is 11.8. The number of rotatable bonds is 5. The van der Waals surface area contributed by atoms with E-state index in [-0.39, 0.29) is 17.4 Å². The number of nitrogens with zero attached hydrogens (tertiary/aromatic N) is 3. The third-order valence-electron chi connectivity index (χ3n) is 4.68. The Hall–Kier alpha value is -2.41. The van der Waals surface area contributed by atoms with Crippen molar-refractivity contribution in [2.45, 2.75) is 26.3 Å². The van der Waals surface area contributed by atoms with Gasteiger partial charge in [-0.15, -0.1) is 5.10 Å². The number of benzene rings is 1. The summed E-state index contributed by atoms with van der Waals surface area (Å²) in [6, 6.07) is 13.8. The molecule has 0 unspecified atom stereocenters. The minimum Gasteiger partial charge on any atom is -0.458 e. The molecule has 4 rings (SSSR count). The van der Waals surface area contributed by atoms with Crippen LogP contribution in [0.25, 0.3) is 11.6 Å². The average Bonchev–Trinajstić information content (AvgIpc) is 3.29. The van der Waals surface area contributed by atoms with Crippen LogP contribution in [0.4, 0.5) is 0 Å². The van der Waals surface area contributed by atoms with Crippen LogP contribution >= 0.6 is 0 Å². The van der Waals surface area contributed by atoms with Gasteiger partial charge in [-0.05, 0) is 37.0 Å². The largest absolute Gasteiger partial charge is 0.458 e. The smallest absolute Gasteiger partial charge is 0.217 e. The van der Waals surface area contributed by atoms with E-state index < -0.39 is 9.84 Å². The molecule has 0 N–H and O–H groups in total. The summed E-state index contributed by atoms with van der Waals surface area (Å²) < 4.78 is 31.1. The summed E-state index contributed by atoms with van der Waals surface area (Å²) in [5.41, 5.74) is 1.12. The molecule has 6 nitrogen and oxygen atoms in total. The highest BCUT2D eigenvalue weighted by Crippen LogP contribution is 2.25. The molecule has 0 radical (unpaired) electrons. The predicted molar refractivity (Wildman–Crippen MR) is 98.5 cm³/mol. The van der Waals surface area contributed by atoms with E-state index >= 15 is 0 Å². The Labute approximate surface area is 152 Å². The van der Waals surface area contributed by atoms with E-state index in [0.717, 1.165) is 17.1 Å². The average molecular weight is 371 g/mol. The lowest BCUT2D eigenvalue weighted by Crippen LogP contribution is -2.13. The molecule has 1 aliphatic heterocycles. The molecule has 1 aliphatic rings. The van der Waals surface area contributed by atoms with Crippen LogP contribution in [-0.4, -0.2) is 34.7 Å². The van der Waals surface area contributed by atoms with Gasteiger partial charge in [0.1, 0.15) is 11.6 Å².